The molecule has 0 fully saturated rings. The Morgan fingerprint density at radius 3 is 2.35 bits per heavy atom. The maximum atomic E-state index is 12.1. The van der Waals surface area contributed by atoms with Crippen molar-refractivity contribution in [2.75, 3.05) is 0 Å². The van der Waals surface area contributed by atoms with Gasteiger partial charge in [0.25, 0.3) is 5.91 Å². The summed E-state index contributed by atoms with van der Waals surface area (Å²) in [7, 11) is 0. The number of amides is 1. The lowest BCUT2D eigenvalue weighted by atomic mass is 10.0. The lowest BCUT2D eigenvalue weighted by Crippen LogP contribution is -2.40. The van der Waals surface area contributed by atoms with Crippen LogP contribution in [0.15, 0.2) is 12.1 Å². The molecule has 1 heterocycles. The van der Waals surface area contributed by atoms with Gasteiger partial charge in [-0.15, -0.1) is 0 Å². The monoisotopic (exact) mass is 298 g/mol. The van der Waals surface area contributed by atoms with Crippen molar-refractivity contribution in [3.8, 4) is 0 Å². The zero-order chi connectivity index (χ0) is 15.4. The summed E-state index contributed by atoms with van der Waals surface area (Å²) in [6.07, 6.45) is 0. The van der Waals surface area contributed by atoms with Gasteiger partial charge in [-0.1, -0.05) is 25.4 Å². The highest BCUT2D eigenvalue weighted by Crippen LogP contribution is 2.18. The summed E-state index contributed by atoms with van der Waals surface area (Å²) in [5.41, 5.74) is 1.11. The quantitative estimate of drug-likeness (QED) is 0.819. The van der Waals surface area contributed by atoms with Gasteiger partial charge in [-0.25, -0.2) is 4.98 Å². The largest absolute Gasteiger partial charge is 0.481 e. The first-order valence-corrected chi connectivity index (χ1v) is 6.81. The molecule has 0 aliphatic heterocycles. The minimum Gasteiger partial charge on any atom is -0.481 e. The van der Waals surface area contributed by atoms with Crippen LogP contribution in [-0.2, 0) is 4.79 Å². The van der Waals surface area contributed by atoms with Crippen LogP contribution in [0.25, 0.3) is 0 Å². The van der Waals surface area contributed by atoms with E-state index in [-0.39, 0.29) is 17.0 Å². The number of carboxylic acid groups (broad SMARTS) is 1. The van der Waals surface area contributed by atoms with Crippen LogP contribution < -0.4 is 5.32 Å². The van der Waals surface area contributed by atoms with Gasteiger partial charge >= 0.3 is 5.97 Å². The maximum Gasteiger partial charge on any atom is 0.308 e. The molecular weight excluding hydrogens is 280 g/mol. The summed E-state index contributed by atoms with van der Waals surface area (Å²) in [5.74, 6) is -1.82. The molecule has 0 radical (unpaired) electrons. The first-order chi connectivity index (χ1) is 9.22. The number of carbonyl (C=O) groups is 2. The summed E-state index contributed by atoms with van der Waals surface area (Å²) in [6, 6.07) is 2.67. The van der Waals surface area contributed by atoms with E-state index in [9.17, 15) is 9.59 Å². The third-order valence-electron chi connectivity index (χ3n) is 3.17. The molecule has 2 N–H and O–H groups in total. The fraction of sp³-hybridized carbons (Fsp3) is 0.500. The van der Waals surface area contributed by atoms with Gasteiger partial charge in [-0.3, -0.25) is 9.59 Å². The number of rotatable bonds is 5. The number of halogens is 1. The second-order valence-electron chi connectivity index (χ2n) is 5.15. The van der Waals surface area contributed by atoms with Crippen molar-refractivity contribution in [2.45, 2.75) is 39.7 Å². The van der Waals surface area contributed by atoms with Crippen molar-refractivity contribution >= 4 is 23.5 Å². The smallest absolute Gasteiger partial charge is 0.308 e. The lowest BCUT2D eigenvalue weighted by Gasteiger charge is -2.18. The van der Waals surface area contributed by atoms with Crippen LogP contribution in [0, 0.1) is 5.92 Å². The lowest BCUT2D eigenvalue weighted by molar-refractivity contribution is -0.141. The molecule has 1 amide bonds. The molecule has 0 bridgehead atoms. The Labute approximate surface area is 123 Å². The Hall–Kier alpha value is -1.62. The number of hydrogen-bond donors (Lipinski definition) is 2. The second kappa shape index (κ2) is 6.70. The highest BCUT2D eigenvalue weighted by atomic mass is 35.5. The van der Waals surface area contributed by atoms with Gasteiger partial charge in [0.2, 0.25) is 0 Å². The zero-order valence-electron chi connectivity index (χ0n) is 12.0. The minimum atomic E-state index is -0.951. The van der Waals surface area contributed by atoms with Crippen molar-refractivity contribution in [3.63, 3.8) is 0 Å². The Kier molecular flexibility index (Phi) is 5.51. The summed E-state index contributed by atoms with van der Waals surface area (Å²) >= 11 is 5.90. The zero-order valence-corrected chi connectivity index (χ0v) is 12.7. The molecule has 20 heavy (non-hydrogen) atoms. The molecule has 0 aromatic carbocycles. The first kappa shape index (κ1) is 16.4. The minimum absolute atomic E-state index is 0.149. The molecule has 0 aliphatic carbocycles. The van der Waals surface area contributed by atoms with Gasteiger partial charge in [0, 0.05) is 17.3 Å². The van der Waals surface area contributed by atoms with Crippen LogP contribution in [0.4, 0.5) is 0 Å². The van der Waals surface area contributed by atoms with E-state index in [2.05, 4.69) is 10.3 Å². The molecule has 1 aromatic rings. The predicted molar refractivity (Wildman–Crippen MR) is 77.1 cm³/mol. The van der Waals surface area contributed by atoms with Crippen LogP contribution >= 0.6 is 11.6 Å². The Bertz CT molecular complexity index is 517. The van der Waals surface area contributed by atoms with Gasteiger partial charge in [0.05, 0.1) is 5.92 Å². The normalized spacial score (nSPS) is 13.9. The molecule has 0 saturated heterocycles. The number of carbonyl (C=O) groups excluding carboxylic acids is 1. The third-order valence-corrected chi connectivity index (χ3v) is 3.36. The molecule has 0 saturated carbocycles. The predicted octanol–water partition coefficient (Wildman–Crippen LogP) is 2.70. The van der Waals surface area contributed by atoms with Crippen molar-refractivity contribution in [2.24, 2.45) is 5.92 Å². The molecule has 1 aromatic heterocycles. The average molecular weight is 299 g/mol. The molecule has 0 spiro atoms. The van der Waals surface area contributed by atoms with E-state index in [1.165, 1.54) is 6.07 Å². The second-order valence-corrected chi connectivity index (χ2v) is 5.53. The summed E-state index contributed by atoms with van der Waals surface area (Å²) in [5, 5.41) is 11.8. The summed E-state index contributed by atoms with van der Waals surface area (Å²) in [4.78, 5) is 27.1. The molecule has 0 aliphatic rings. The summed E-state index contributed by atoms with van der Waals surface area (Å²) < 4.78 is 0. The van der Waals surface area contributed by atoms with E-state index in [1.807, 2.05) is 13.8 Å². The summed E-state index contributed by atoms with van der Waals surface area (Å²) in [6.45, 7) is 7.11. The van der Waals surface area contributed by atoms with Crippen LogP contribution in [-0.4, -0.2) is 28.0 Å². The van der Waals surface area contributed by atoms with E-state index in [1.54, 1.807) is 19.9 Å². The number of nitrogens with zero attached hydrogens (tertiary/aromatic N) is 1. The number of nitrogens with one attached hydrogen (secondary N) is 1. The Balaban J connectivity index is 2.90. The van der Waals surface area contributed by atoms with Gasteiger partial charge < -0.3 is 10.4 Å². The molecule has 6 heteroatoms. The average Bonchev–Trinajstić information content (AvgIpc) is 2.36. The SMILES string of the molecule is CC(C)c1cc(C(=O)NC(C)C(C)C(=O)O)cc(Cl)n1. The molecule has 2 unspecified atom stereocenters. The number of hydrogen-bond acceptors (Lipinski definition) is 3. The van der Waals surface area contributed by atoms with Gasteiger partial charge in [0.1, 0.15) is 5.15 Å². The maximum absolute atomic E-state index is 12.1. The third kappa shape index (κ3) is 4.20. The highest BCUT2D eigenvalue weighted by molar-refractivity contribution is 6.29. The van der Waals surface area contributed by atoms with Crippen LogP contribution in [0.2, 0.25) is 5.15 Å². The van der Waals surface area contributed by atoms with E-state index in [4.69, 9.17) is 16.7 Å². The van der Waals surface area contributed by atoms with Gasteiger partial charge in [-0.2, -0.15) is 0 Å². The number of carboxylic acids is 1. The Morgan fingerprint density at radius 1 is 1.25 bits per heavy atom. The van der Waals surface area contributed by atoms with Crippen molar-refractivity contribution in [1.29, 1.82) is 0 Å². The Morgan fingerprint density at radius 2 is 1.85 bits per heavy atom. The van der Waals surface area contributed by atoms with E-state index >= 15 is 0 Å². The van der Waals surface area contributed by atoms with Crippen molar-refractivity contribution in [3.05, 3.63) is 28.5 Å². The van der Waals surface area contributed by atoms with Crippen LogP contribution in [0.5, 0.6) is 0 Å². The van der Waals surface area contributed by atoms with E-state index in [0.717, 1.165) is 5.69 Å². The van der Waals surface area contributed by atoms with Crippen LogP contribution in [0.3, 0.4) is 0 Å². The fourth-order valence-corrected chi connectivity index (χ4v) is 1.79. The van der Waals surface area contributed by atoms with E-state index < -0.39 is 17.9 Å². The number of aromatic nitrogens is 1. The van der Waals surface area contributed by atoms with Gasteiger partial charge in [-0.05, 0) is 31.9 Å². The van der Waals surface area contributed by atoms with Crippen LogP contribution in [0.1, 0.15) is 49.7 Å². The molecule has 1 rings (SSSR count). The molecule has 5 nitrogen and oxygen atoms in total. The molecular formula is C14H19ClN2O3. The first-order valence-electron chi connectivity index (χ1n) is 6.43. The topological polar surface area (TPSA) is 79.3 Å². The highest BCUT2D eigenvalue weighted by Gasteiger charge is 2.22. The number of pyridine rings is 1. The van der Waals surface area contributed by atoms with Crippen molar-refractivity contribution < 1.29 is 14.7 Å². The van der Waals surface area contributed by atoms with Gasteiger partial charge in [0.15, 0.2) is 0 Å². The van der Waals surface area contributed by atoms with Crippen molar-refractivity contribution in [1.82, 2.24) is 10.3 Å². The molecule has 2 atom stereocenters. The number of aliphatic carboxylic acids is 1. The molecule has 110 valence electrons. The standard InChI is InChI=1S/C14H19ClN2O3/c1-7(2)11-5-10(6-12(15)17-11)13(18)16-9(4)8(3)14(19)20/h5-9H,1-4H3,(H,16,18)(H,19,20). The fourth-order valence-electron chi connectivity index (χ4n) is 1.57. The van der Waals surface area contributed by atoms with E-state index in [0.29, 0.717) is 5.56 Å².